The highest BCUT2D eigenvalue weighted by Crippen LogP contribution is 1.97. The summed E-state index contributed by atoms with van der Waals surface area (Å²) in [6, 6.07) is -0.0261. The highest BCUT2D eigenvalue weighted by atomic mass is 16.5. The molecule has 0 saturated heterocycles. The molecule has 0 aliphatic carbocycles. The first kappa shape index (κ1) is 16.3. The van der Waals surface area contributed by atoms with Crippen LogP contribution in [0.4, 0.5) is 0 Å². The maximum Gasteiger partial charge on any atom is 0.308 e. The van der Waals surface area contributed by atoms with Crippen molar-refractivity contribution in [2.45, 2.75) is 31.9 Å². The molecule has 0 radical (unpaired) electrons. The summed E-state index contributed by atoms with van der Waals surface area (Å²) in [6.45, 7) is 2.81. The molecule has 6 heteroatoms. The quantitative estimate of drug-likeness (QED) is 0.443. The highest BCUT2D eigenvalue weighted by molar-refractivity contribution is 5.69. The van der Waals surface area contributed by atoms with Crippen LogP contribution in [0.2, 0.25) is 0 Å². The lowest BCUT2D eigenvalue weighted by Crippen LogP contribution is -2.39. The number of ether oxygens (including phenoxy) is 2. The van der Waals surface area contributed by atoms with E-state index in [-0.39, 0.29) is 25.6 Å². The zero-order chi connectivity index (χ0) is 13.1. The number of hydrogen-bond donors (Lipinski definition) is 3. The van der Waals surface area contributed by atoms with E-state index in [4.69, 9.17) is 14.6 Å². The molecule has 102 valence electrons. The minimum Gasteiger partial charge on any atom is -0.466 e. The molecule has 0 saturated carbocycles. The molecule has 0 rings (SSSR count). The average molecular weight is 249 g/mol. The number of hydrogen-bond acceptors (Lipinski definition) is 6. The summed E-state index contributed by atoms with van der Waals surface area (Å²) in [5, 5.41) is 21.4. The van der Waals surface area contributed by atoms with Crippen LogP contribution in [0.3, 0.4) is 0 Å². The van der Waals surface area contributed by atoms with Crippen LogP contribution in [0.5, 0.6) is 0 Å². The molecule has 0 fully saturated rings. The number of esters is 1. The van der Waals surface area contributed by atoms with Gasteiger partial charge in [-0.05, 0) is 13.3 Å². The van der Waals surface area contributed by atoms with Crippen LogP contribution in [0.25, 0.3) is 0 Å². The van der Waals surface area contributed by atoms with Gasteiger partial charge in [0.05, 0.1) is 25.7 Å². The van der Waals surface area contributed by atoms with Crippen molar-refractivity contribution in [2.24, 2.45) is 0 Å². The molecule has 6 nitrogen and oxygen atoms in total. The van der Waals surface area contributed by atoms with Crippen LogP contribution in [-0.4, -0.2) is 61.8 Å². The third kappa shape index (κ3) is 9.05. The van der Waals surface area contributed by atoms with Gasteiger partial charge < -0.3 is 25.0 Å². The zero-order valence-corrected chi connectivity index (χ0v) is 10.5. The molecule has 0 bridgehead atoms. The van der Waals surface area contributed by atoms with Crippen molar-refractivity contribution in [2.75, 3.05) is 33.5 Å². The van der Waals surface area contributed by atoms with E-state index < -0.39 is 12.1 Å². The van der Waals surface area contributed by atoms with Gasteiger partial charge in [0.25, 0.3) is 0 Å². The van der Waals surface area contributed by atoms with Crippen LogP contribution in [-0.2, 0) is 14.3 Å². The number of rotatable bonds is 10. The van der Waals surface area contributed by atoms with Gasteiger partial charge in [-0.3, -0.25) is 4.79 Å². The number of carbonyl (C=O) groups excluding carboxylic acids is 1. The fourth-order valence-electron chi connectivity index (χ4n) is 1.39. The van der Waals surface area contributed by atoms with Crippen molar-refractivity contribution < 1.29 is 24.5 Å². The molecule has 0 amide bonds. The summed E-state index contributed by atoms with van der Waals surface area (Å²) in [5.74, 6) is -0.410. The fraction of sp³-hybridized carbons (Fsp3) is 0.909. The molecule has 2 unspecified atom stereocenters. The van der Waals surface area contributed by atoms with Gasteiger partial charge in [-0.25, -0.2) is 0 Å². The van der Waals surface area contributed by atoms with Gasteiger partial charge in [-0.15, -0.1) is 0 Å². The van der Waals surface area contributed by atoms with Crippen molar-refractivity contribution in [1.29, 1.82) is 0 Å². The maximum atomic E-state index is 11.1. The van der Waals surface area contributed by atoms with Crippen molar-refractivity contribution in [1.82, 2.24) is 5.32 Å². The Morgan fingerprint density at radius 2 is 2.18 bits per heavy atom. The van der Waals surface area contributed by atoms with E-state index in [9.17, 15) is 9.90 Å². The van der Waals surface area contributed by atoms with Gasteiger partial charge in [0.1, 0.15) is 0 Å². The monoisotopic (exact) mass is 249 g/mol. The molecule has 0 aromatic heterocycles. The Bertz CT molecular complexity index is 194. The molecule has 0 heterocycles. The highest BCUT2D eigenvalue weighted by Gasteiger charge is 2.14. The molecule has 2 atom stereocenters. The molecule has 0 aromatic carbocycles. The summed E-state index contributed by atoms with van der Waals surface area (Å²) in [7, 11) is 1.57. The average Bonchev–Trinajstić information content (AvgIpc) is 2.27. The lowest BCUT2D eigenvalue weighted by atomic mass is 10.2. The van der Waals surface area contributed by atoms with Crippen molar-refractivity contribution in [3.63, 3.8) is 0 Å². The Labute approximate surface area is 102 Å². The summed E-state index contributed by atoms with van der Waals surface area (Å²) < 4.78 is 9.68. The molecule has 0 aliphatic rings. The first-order valence-electron chi connectivity index (χ1n) is 5.80. The Morgan fingerprint density at radius 3 is 2.71 bits per heavy atom. The number of aliphatic hydroxyl groups excluding tert-OH is 2. The number of carbonyl (C=O) groups is 1. The van der Waals surface area contributed by atoms with Crippen LogP contribution in [0, 0.1) is 0 Å². The molecule has 0 spiro atoms. The smallest absolute Gasteiger partial charge is 0.308 e. The summed E-state index contributed by atoms with van der Waals surface area (Å²) in [6.07, 6.45) is -0.272. The largest absolute Gasteiger partial charge is 0.466 e. The van der Waals surface area contributed by atoms with Crippen molar-refractivity contribution in [3.8, 4) is 0 Å². The topological polar surface area (TPSA) is 88.0 Å². The molecular weight excluding hydrogens is 226 g/mol. The van der Waals surface area contributed by atoms with Crippen LogP contribution < -0.4 is 5.32 Å². The van der Waals surface area contributed by atoms with Gasteiger partial charge in [-0.2, -0.15) is 0 Å². The fourth-order valence-corrected chi connectivity index (χ4v) is 1.39. The number of aliphatic hydroxyl groups is 2. The summed E-state index contributed by atoms with van der Waals surface area (Å²) in [5.41, 5.74) is 0. The van der Waals surface area contributed by atoms with Gasteiger partial charge in [0.15, 0.2) is 0 Å². The molecular formula is C11H23NO5. The number of methoxy groups -OCH3 is 1. The third-order valence-electron chi connectivity index (χ3n) is 2.20. The zero-order valence-electron chi connectivity index (χ0n) is 10.5. The SMILES string of the molecule is CCOC(=O)CC(O)CNC(CCO)COC. The van der Waals surface area contributed by atoms with Gasteiger partial charge in [0.2, 0.25) is 0 Å². The number of nitrogens with one attached hydrogen (secondary N) is 1. The maximum absolute atomic E-state index is 11.1. The molecule has 3 N–H and O–H groups in total. The Morgan fingerprint density at radius 1 is 1.47 bits per heavy atom. The van der Waals surface area contributed by atoms with Gasteiger partial charge in [-0.1, -0.05) is 0 Å². The van der Waals surface area contributed by atoms with E-state index in [1.165, 1.54) is 0 Å². The predicted molar refractivity (Wildman–Crippen MR) is 62.6 cm³/mol. The van der Waals surface area contributed by atoms with E-state index in [0.717, 1.165) is 0 Å². The second-order valence-electron chi connectivity index (χ2n) is 3.74. The minimum absolute atomic E-state index is 0.0261. The Balaban J connectivity index is 3.78. The molecule has 17 heavy (non-hydrogen) atoms. The summed E-state index contributed by atoms with van der Waals surface area (Å²) >= 11 is 0. The second kappa shape index (κ2) is 10.5. The lowest BCUT2D eigenvalue weighted by molar-refractivity contribution is -0.145. The van der Waals surface area contributed by atoms with Crippen LogP contribution in [0.1, 0.15) is 19.8 Å². The van der Waals surface area contributed by atoms with Crippen molar-refractivity contribution >= 4 is 5.97 Å². The third-order valence-corrected chi connectivity index (χ3v) is 2.20. The first-order valence-corrected chi connectivity index (χ1v) is 5.80. The summed E-state index contributed by atoms with van der Waals surface area (Å²) in [4.78, 5) is 11.1. The van der Waals surface area contributed by atoms with Crippen LogP contribution >= 0.6 is 0 Å². The van der Waals surface area contributed by atoms with Crippen LogP contribution in [0.15, 0.2) is 0 Å². The molecule has 0 aliphatic heterocycles. The normalized spacial score (nSPS) is 14.4. The minimum atomic E-state index is -0.785. The van der Waals surface area contributed by atoms with Crippen molar-refractivity contribution in [3.05, 3.63) is 0 Å². The molecule has 0 aromatic rings. The first-order chi connectivity index (χ1) is 8.13. The van der Waals surface area contributed by atoms with E-state index in [1.807, 2.05) is 0 Å². The second-order valence-corrected chi connectivity index (χ2v) is 3.74. The van der Waals surface area contributed by atoms with E-state index >= 15 is 0 Å². The van der Waals surface area contributed by atoms with Gasteiger partial charge >= 0.3 is 5.97 Å². The van der Waals surface area contributed by atoms with E-state index in [2.05, 4.69) is 5.32 Å². The van der Waals surface area contributed by atoms with E-state index in [1.54, 1.807) is 14.0 Å². The Kier molecular flexibility index (Phi) is 10.0. The standard InChI is InChI=1S/C11H23NO5/c1-3-17-11(15)6-10(14)7-12-9(4-5-13)8-16-2/h9-10,12-14H,3-8H2,1-2H3. The lowest BCUT2D eigenvalue weighted by Gasteiger charge is -2.19. The Hall–Kier alpha value is -0.690. The van der Waals surface area contributed by atoms with E-state index in [0.29, 0.717) is 19.6 Å². The van der Waals surface area contributed by atoms with Gasteiger partial charge in [0, 0.05) is 26.3 Å². The predicted octanol–water partition coefficient (Wildman–Crippen LogP) is -0.712.